The summed E-state index contributed by atoms with van der Waals surface area (Å²) in [5.41, 5.74) is 0.676. The summed E-state index contributed by atoms with van der Waals surface area (Å²) in [6, 6.07) is 5.43. The lowest BCUT2D eigenvalue weighted by atomic mass is 10.1. The molecule has 0 unspecified atom stereocenters. The monoisotopic (exact) mass is 303 g/mol. The van der Waals surface area contributed by atoms with Crippen molar-refractivity contribution in [3.63, 3.8) is 0 Å². The first-order valence-corrected chi connectivity index (χ1v) is 8.21. The zero-order valence-corrected chi connectivity index (χ0v) is 11.8. The van der Waals surface area contributed by atoms with Gasteiger partial charge in [0.25, 0.3) is 0 Å². The highest BCUT2D eigenvalue weighted by atomic mass is 32.2. The zero-order chi connectivity index (χ0) is 14.8. The summed E-state index contributed by atoms with van der Waals surface area (Å²) < 4.78 is 36.3. The quantitative estimate of drug-likeness (QED) is 0.786. The Labute approximate surface area is 117 Å². The molecule has 1 aliphatic heterocycles. The van der Waals surface area contributed by atoms with Crippen molar-refractivity contribution in [2.24, 2.45) is 0 Å². The fourth-order valence-corrected chi connectivity index (χ4v) is 4.35. The lowest BCUT2D eigenvalue weighted by molar-refractivity contribution is 0.0655. The average Bonchev–Trinajstić information content (AvgIpc) is 2.62. The van der Waals surface area contributed by atoms with E-state index in [9.17, 15) is 17.9 Å². The Morgan fingerprint density at radius 1 is 1.35 bits per heavy atom. The van der Waals surface area contributed by atoms with Crippen molar-refractivity contribution in [1.29, 1.82) is 0 Å². The molecule has 1 aromatic carbocycles. The Morgan fingerprint density at radius 2 is 2.10 bits per heavy atom. The molecule has 0 radical (unpaired) electrons. The van der Waals surface area contributed by atoms with Crippen LogP contribution in [0.1, 0.15) is 5.56 Å². The SMILES string of the molecule is O=S1(=O)C[C@@H](O)[C@@H](N(CCO)Cc2cccc(F)c2)C1. The van der Waals surface area contributed by atoms with Crippen LogP contribution in [0.5, 0.6) is 0 Å². The normalized spacial score (nSPS) is 25.2. The van der Waals surface area contributed by atoms with E-state index in [4.69, 9.17) is 5.11 Å². The van der Waals surface area contributed by atoms with Gasteiger partial charge in [0.2, 0.25) is 0 Å². The molecule has 20 heavy (non-hydrogen) atoms. The highest BCUT2D eigenvalue weighted by Crippen LogP contribution is 2.20. The molecule has 2 atom stereocenters. The standard InChI is InChI=1S/C13H18FNO4S/c14-11-3-1-2-10(6-11)7-15(4-5-16)12-8-20(18,19)9-13(12)17/h1-3,6,12-13,16-17H,4-5,7-9H2/t12-,13+/m0/s1. The molecule has 0 aromatic heterocycles. The van der Waals surface area contributed by atoms with Crippen molar-refractivity contribution in [3.05, 3.63) is 35.6 Å². The van der Waals surface area contributed by atoms with Crippen LogP contribution in [-0.4, -0.2) is 60.3 Å². The van der Waals surface area contributed by atoms with Gasteiger partial charge < -0.3 is 10.2 Å². The van der Waals surface area contributed by atoms with Gasteiger partial charge in [-0.25, -0.2) is 12.8 Å². The molecule has 1 aliphatic rings. The van der Waals surface area contributed by atoms with Crippen LogP contribution in [0, 0.1) is 5.82 Å². The van der Waals surface area contributed by atoms with Crippen LogP contribution in [0.4, 0.5) is 4.39 Å². The maximum absolute atomic E-state index is 13.2. The topological polar surface area (TPSA) is 77.8 Å². The lowest BCUT2D eigenvalue weighted by Crippen LogP contribution is -2.44. The second-order valence-corrected chi connectivity index (χ2v) is 7.19. The molecule has 5 nitrogen and oxygen atoms in total. The average molecular weight is 303 g/mol. The Hall–Kier alpha value is -1.02. The van der Waals surface area contributed by atoms with Crippen molar-refractivity contribution in [2.75, 3.05) is 24.7 Å². The van der Waals surface area contributed by atoms with Crippen LogP contribution < -0.4 is 0 Å². The summed E-state index contributed by atoms with van der Waals surface area (Å²) >= 11 is 0. The molecule has 2 rings (SSSR count). The third kappa shape index (κ3) is 3.76. The van der Waals surface area contributed by atoms with Gasteiger partial charge in [-0.3, -0.25) is 4.90 Å². The molecule has 0 aliphatic carbocycles. The highest BCUT2D eigenvalue weighted by Gasteiger charge is 2.39. The predicted molar refractivity (Wildman–Crippen MR) is 72.3 cm³/mol. The van der Waals surface area contributed by atoms with Crippen molar-refractivity contribution < 1.29 is 23.0 Å². The first-order valence-electron chi connectivity index (χ1n) is 6.39. The van der Waals surface area contributed by atoms with E-state index in [2.05, 4.69) is 0 Å². The maximum Gasteiger partial charge on any atom is 0.154 e. The van der Waals surface area contributed by atoms with Gasteiger partial charge in [-0.15, -0.1) is 0 Å². The lowest BCUT2D eigenvalue weighted by Gasteiger charge is -2.29. The van der Waals surface area contributed by atoms with Crippen LogP contribution >= 0.6 is 0 Å². The van der Waals surface area contributed by atoms with Gasteiger partial charge in [-0.1, -0.05) is 12.1 Å². The molecule has 0 saturated carbocycles. The number of hydrogen-bond donors (Lipinski definition) is 2. The maximum atomic E-state index is 13.2. The number of benzene rings is 1. The minimum absolute atomic E-state index is 0.135. The number of halogens is 1. The van der Waals surface area contributed by atoms with Crippen LogP contribution in [0.25, 0.3) is 0 Å². The number of rotatable bonds is 5. The minimum atomic E-state index is -3.26. The van der Waals surface area contributed by atoms with E-state index < -0.39 is 22.0 Å². The number of sulfone groups is 1. The third-order valence-electron chi connectivity index (χ3n) is 3.42. The second-order valence-electron chi connectivity index (χ2n) is 5.04. The summed E-state index contributed by atoms with van der Waals surface area (Å²) in [7, 11) is -3.26. The third-order valence-corrected chi connectivity index (χ3v) is 5.12. The molecule has 1 heterocycles. The largest absolute Gasteiger partial charge is 0.395 e. The van der Waals surface area contributed by atoms with E-state index in [1.807, 2.05) is 0 Å². The van der Waals surface area contributed by atoms with Gasteiger partial charge in [0, 0.05) is 13.1 Å². The molecule has 7 heteroatoms. The molecule has 1 saturated heterocycles. The van der Waals surface area contributed by atoms with E-state index in [-0.39, 0.29) is 37.0 Å². The first-order chi connectivity index (χ1) is 9.41. The van der Waals surface area contributed by atoms with E-state index in [0.717, 1.165) is 0 Å². The molecule has 112 valence electrons. The van der Waals surface area contributed by atoms with Crippen LogP contribution in [0.15, 0.2) is 24.3 Å². The Bertz CT molecular complexity index is 563. The van der Waals surface area contributed by atoms with Crippen LogP contribution in [0.3, 0.4) is 0 Å². The number of hydrogen-bond acceptors (Lipinski definition) is 5. The van der Waals surface area contributed by atoms with Crippen molar-refractivity contribution in [1.82, 2.24) is 4.90 Å². The van der Waals surface area contributed by atoms with Crippen LogP contribution in [-0.2, 0) is 16.4 Å². The molecule has 0 spiro atoms. The van der Waals surface area contributed by atoms with E-state index in [0.29, 0.717) is 5.56 Å². The highest BCUT2D eigenvalue weighted by molar-refractivity contribution is 7.91. The smallest absolute Gasteiger partial charge is 0.154 e. The molecule has 0 amide bonds. The summed E-state index contributed by atoms with van der Waals surface area (Å²) in [5, 5.41) is 19.0. The van der Waals surface area contributed by atoms with Gasteiger partial charge in [0.15, 0.2) is 9.84 Å². The molecule has 0 bridgehead atoms. The molecule has 1 fully saturated rings. The number of nitrogens with zero attached hydrogens (tertiary/aromatic N) is 1. The fraction of sp³-hybridized carbons (Fsp3) is 0.538. The Balaban J connectivity index is 2.15. The van der Waals surface area contributed by atoms with Gasteiger partial charge in [-0.05, 0) is 17.7 Å². The summed E-state index contributed by atoms with van der Waals surface area (Å²) in [6.45, 7) is 0.363. The Morgan fingerprint density at radius 3 is 2.65 bits per heavy atom. The minimum Gasteiger partial charge on any atom is -0.395 e. The van der Waals surface area contributed by atoms with E-state index in [1.54, 1.807) is 17.0 Å². The fourth-order valence-electron chi connectivity index (χ4n) is 2.52. The zero-order valence-electron chi connectivity index (χ0n) is 10.9. The second kappa shape index (κ2) is 6.17. The van der Waals surface area contributed by atoms with Crippen molar-refractivity contribution >= 4 is 9.84 Å². The number of aliphatic hydroxyl groups is 2. The summed E-state index contributed by atoms with van der Waals surface area (Å²) in [6.07, 6.45) is -0.972. The van der Waals surface area contributed by atoms with Gasteiger partial charge in [0.05, 0.1) is 30.3 Å². The van der Waals surface area contributed by atoms with Crippen molar-refractivity contribution in [3.8, 4) is 0 Å². The molecule has 2 N–H and O–H groups in total. The van der Waals surface area contributed by atoms with E-state index >= 15 is 0 Å². The first kappa shape index (κ1) is 15.4. The van der Waals surface area contributed by atoms with Gasteiger partial charge in [-0.2, -0.15) is 0 Å². The van der Waals surface area contributed by atoms with Gasteiger partial charge >= 0.3 is 0 Å². The summed E-state index contributed by atoms with van der Waals surface area (Å²) in [5.74, 6) is -0.766. The van der Waals surface area contributed by atoms with Crippen molar-refractivity contribution in [2.45, 2.75) is 18.7 Å². The van der Waals surface area contributed by atoms with Gasteiger partial charge in [0.1, 0.15) is 5.82 Å². The van der Waals surface area contributed by atoms with E-state index in [1.165, 1.54) is 12.1 Å². The summed E-state index contributed by atoms with van der Waals surface area (Å²) in [4.78, 5) is 1.68. The van der Waals surface area contributed by atoms with Crippen LogP contribution in [0.2, 0.25) is 0 Å². The molecule has 1 aromatic rings. The number of aliphatic hydroxyl groups excluding tert-OH is 2. The molecular weight excluding hydrogens is 285 g/mol. The predicted octanol–water partition coefficient (Wildman–Crippen LogP) is -0.222. The Kier molecular flexibility index (Phi) is 4.74. The molecular formula is C13H18FNO4S.